The second-order valence-corrected chi connectivity index (χ2v) is 11.2. The van der Waals surface area contributed by atoms with E-state index in [0.717, 1.165) is 11.1 Å². The van der Waals surface area contributed by atoms with Gasteiger partial charge in [-0.2, -0.15) is 0 Å². The Morgan fingerprint density at radius 3 is 2.51 bits per heavy atom. The van der Waals surface area contributed by atoms with E-state index >= 15 is 0 Å². The number of aromatic amines is 1. The van der Waals surface area contributed by atoms with Crippen LogP contribution in [0, 0.1) is 13.8 Å². The number of nitrogens with zero attached hydrogens (tertiary/aromatic N) is 3. The zero-order chi connectivity index (χ0) is 31.1. The maximum Gasteiger partial charge on any atom is 0.274 e. The summed E-state index contributed by atoms with van der Waals surface area (Å²) >= 11 is 0. The van der Waals surface area contributed by atoms with E-state index in [0.29, 0.717) is 45.5 Å². The van der Waals surface area contributed by atoms with E-state index in [1.807, 2.05) is 45.0 Å². The van der Waals surface area contributed by atoms with E-state index < -0.39 is 5.67 Å². The average Bonchev–Trinajstić information content (AvgIpc) is 3.53. The average molecular weight is 590 g/mol. The SMILES string of the molecule is CCNC(=O)c1cc2c(-c3cc4c(cc3Oc3c(C)cccc3C)c(OCCO)nn4CC(C)(C)F)cn(C)c(=O)c2[nH]1. The number of para-hydroxylation sites is 1. The Morgan fingerprint density at radius 1 is 1.14 bits per heavy atom. The number of ether oxygens (including phenoxy) is 2. The van der Waals surface area contributed by atoms with Gasteiger partial charge in [0.25, 0.3) is 11.5 Å². The molecule has 11 heteroatoms. The number of pyridine rings is 1. The Hall–Kier alpha value is -4.64. The van der Waals surface area contributed by atoms with Crippen molar-refractivity contribution in [3.8, 4) is 28.5 Å². The number of halogens is 1. The molecule has 0 unspecified atom stereocenters. The van der Waals surface area contributed by atoms with Crippen LogP contribution in [-0.4, -0.2) is 55.8 Å². The standard InChI is InChI=1S/C32H36FN5O5/c1-7-34-29(40)24-13-21-23(16-37(6)31(41)27(21)35-24)20-14-25-22(15-26(20)43-28-18(2)9-8-10-19(28)3)30(42-12-11-39)36-38(25)17-32(4,5)33/h8-10,13-16,35,39H,7,11-12,17H2,1-6H3,(H,34,40). The number of benzene rings is 2. The van der Waals surface area contributed by atoms with Crippen molar-refractivity contribution in [2.45, 2.75) is 46.8 Å². The van der Waals surface area contributed by atoms with Gasteiger partial charge in [0.2, 0.25) is 5.88 Å². The van der Waals surface area contributed by atoms with Crippen LogP contribution in [0.4, 0.5) is 4.39 Å². The summed E-state index contributed by atoms with van der Waals surface area (Å²) in [6, 6.07) is 11.1. The molecule has 2 aromatic carbocycles. The van der Waals surface area contributed by atoms with Crippen LogP contribution in [0.5, 0.6) is 17.4 Å². The van der Waals surface area contributed by atoms with E-state index in [-0.39, 0.29) is 48.3 Å². The molecule has 1 amide bonds. The molecule has 0 fully saturated rings. The molecule has 0 aliphatic rings. The maximum absolute atomic E-state index is 14.9. The van der Waals surface area contributed by atoms with Gasteiger partial charge in [-0.25, -0.2) is 4.39 Å². The Labute approximate surface area is 248 Å². The zero-order valence-electron chi connectivity index (χ0n) is 25.2. The van der Waals surface area contributed by atoms with Crippen LogP contribution in [-0.2, 0) is 13.6 Å². The summed E-state index contributed by atoms with van der Waals surface area (Å²) in [7, 11) is 1.64. The minimum absolute atomic E-state index is 0.00729. The van der Waals surface area contributed by atoms with E-state index in [4.69, 9.17) is 9.47 Å². The number of rotatable bonds is 10. The van der Waals surface area contributed by atoms with Gasteiger partial charge >= 0.3 is 0 Å². The lowest BCUT2D eigenvalue weighted by molar-refractivity contribution is 0.0951. The molecule has 43 heavy (non-hydrogen) atoms. The van der Waals surface area contributed by atoms with Crippen molar-refractivity contribution in [1.82, 2.24) is 24.6 Å². The predicted molar refractivity (Wildman–Crippen MR) is 164 cm³/mol. The molecule has 10 nitrogen and oxygen atoms in total. The van der Waals surface area contributed by atoms with Gasteiger partial charge in [-0.3, -0.25) is 14.3 Å². The van der Waals surface area contributed by atoms with Crippen LogP contribution < -0.4 is 20.3 Å². The molecule has 0 radical (unpaired) electrons. The fraction of sp³-hybridized carbons (Fsp3) is 0.344. The number of nitrogens with one attached hydrogen (secondary N) is 2. The number of alkyl halides is 1. The van der Waals surface area contributed by atoms with Crippen molar-refractivity contribution >= 4 is 27.7 Å². The van der Waals surface area contributed by atoms with Crippen LogP contribution in [0.15, 0.2) is 47.4 Å². The molecule has 5 aromatic rings. The van der Waals surface area contributed by atoms with E-state index in [2.05, 4.69) is 15.4 Å². The number of aromatic nitrogens is 4. The molecular weight excluding hydrogens is 553 g/mol. The molecule has 0 bridgehead atoms. The summed E-state index contributed by atoms with van der Waals surface area (Å²) in [6.45, 7) is 8.81. The summed E-state index contributed by atoms with van der Waals surface area (Å²) in [4.78, 5) is 28.9. The molecule has 0 saturated heterocycles. The summed E-state index contributed by atoms with van der Waals surface area (Å²) < 4.78 is 30.3. The first kappa shape index (κ1) is 29.8. The number of carbonyl (C=O) groups is 1. The van der Waals surface area contributed by atoms with Crippen LogP contribution in [0.3, 0.4) is 0 Å². The number of aryl methyl sites for hydroxylation is 3. The molecule has 0 saturated carbocycles. The highest BCUT2D eigenvalue weighted by atomic mass is 19.1. The highest BCUT2D eigenvalue weighted by Crippen LogP contribution is 2.43. The molecule has 3 N–H and O–H groups in total. The number of aliphatic hydroxyl groups is 1. The zero-order valence-corrected chi connectivity index (χ0v) is 25.2. The third kappa shape index (κ3) is 5.85. The predicted octanol–water partition coefficient (Wildman–Crippen LogP) is 5.16. The minimum Gasteiger partial charge on any atom is -0.474 e. The Kier molecular flexibility index (Phi) is 8.02. The molecule has 3 heterocycles. The number of hydrogen-bond acceptors (Lipinski definition) is 6. The number of carbonyl (C=O) groups excluding carboxylic acids is 1. The van der Waals surface area contributed by atoms with Gasteiger partial charge in [-0.05, 0) is 63.9 Å². The van der Waals surface area contributed by atoms with Gasteiger partial charge in [-0.1, -0.05) is 18.2 Å². The fourth-order valence-electron chi connectivity index (χ4n) is 5.19. The van der Waals surface area contributed by atoms with Crippen molar-refractivity contribution in [2.75, 3.05) is 19.8 Å². The van der Waals surface area contributed by atoms with Crippen LogP contribution in [0.2, 0.25) is 0 Å². The third-order valence-corrected chi connectivity index (χ3v) is 7.13. The lowest BCUT2D eigenvalue weighted by atomic mass is 10.0. The van der Waals surface area contributed by atoms with Gasteiger partial charge < -0.3 is 29.4 Å². The van der Waals surface area contributed by atoms with Crippen molar-refractivity contribution in [3.63, 3.8) is 0 Å². The van der Waals surface area contributed by atoms with Crippen molar-refractivity contribution in [3.05, 3.63) is 69.8 Å². The summed E-state index contributed by atoms with van der Waals surface area (Å²) in [6.07, 6.45) is 1.70. The van der Waals surface area contributed by atoms with Crippen molar-refractivity contribution in [1.29, 1.82) is 0 Å². The normalized spacial score (nSPS) is 11.8. The number of hydrogen-bond donors (Lipinski definition) is 3. The van der Waals surface area contributed by atoms with Crippen LogP contribution in [0.25, 0.3) is 32.9 Å². The monoisotopic (exact) mass is 589 g/mol. The summed E-state index contributed by atoms with van der Waals surface area (Å²) in [5, 5.41) is 17.8. The van der Waals surface area contributed by atoms with Crippen LogP contribution >= 0.6 is 0 Å². The fourth-order valence-corrected chi connectivity index (χ4v) is 5.19. The lowest BCUT2D eigenvalue weighted by Gasteiger charge is -2.18. The van der Waals surface area contributed by atoms with E-state index in [1.165, 1.54) is 23.1 Å². The number of fused-ring (bicyclic) bond motifs is 2. The highest BCUT2D eigenvalue weighted by molar-refractivity contribution is 6.04. The Bertz CT molecular complexity index is 1880. The van der Waals surface area contributed by atoms with Gasteiger partial charge in [-0.15, -0.1) is 5.10 Å². The van der Waals surface area contributed by atoms with Gasteiger partial charge in [0, 0.05) is 36.3 Å². The van der Waals surface area contributed by atoms with Crippen LogP contribution in [0.1, 0.15) is 42.4 Å². The highest BCUT2D eigenvalue weighted by Gasteiger charge is 2.25. The van der Waals surface area contributed by atoms with Crippen molar-refractivity contribution in [2.24, 2.45) is 7.05 Å². The van der Waals surface area contributed by atoms with Gasteiger partial charge in [0.15, 0.2) is 0 Å². The second kappa shape index (κ2) is 11.6. The molecule has 0 aliphatic carbocycles. The Balaban J connectivity index is 1.84. The molecule has 0 spiro atoms. The smallest absolute Gasteiger partial charge is 0.274 e. The first-order valence-corrected chi connectivity index (χ1v) is 14.1. The van der Waals surface area contributed by atoms with Gasteiger partial charge in [0.05, 0.1) is 24.1 Å². The third-order valence-electron chi connectivity index (χ3n) is 7.13. The summed E-state index contributed by atoms with van der Waals surface area (Å²) in [5.74, 6) is 1.01. The van der Waals surface area contributed by atoms with Gasteiger partial charge in [0.1, 0.15) is 35.0 Å². The van der Waals surface area contributed by atoms with E-state index in [1.54, 1.807) is 25.4 Å². The maximum atomic E-state index is 14.9. The number of H-pyrrole nitrogens is 1. The Morgan fingerprint density at radius 2 is 1.86 bits per heavy atom. The quantitative estimate of drug-likeness (QED) is 0.207. The molecular formula is C32H36FN5O5. The number of amides is 1. The van der Waals surface area contributed by atoms with Crippen molar-refractivity contribution < 1.29 is 23.8 Å². The molecule has 0 atom stereocenters. The van der Waals surface area contributed by atoms with E-state index in [9.17, 15) is 19.1 Å². The lowest BCUT2D eigenvalue weighted by Crippen LogP contribution is -2.23. The molecule has 5 rings (SSSR count). The molecule has 0 aliphatic heterocycles. The summed E-state index contributed by atoms with van der Waals surface area (Å²) in [5.41, 5.74) is 2.27. The molecule has 226 valence electrons. The minimum atomic E-state index is -1.59. The first-order chi connectivity index (χ1) is 20.4. The number of aliphatic hydroxyl groups excluding tert-OH is 1. The first-order valence-electron chi connectivity index (χ1n) is 14.1. The molecule has 3 aromatic heterocycles. The topological polar surface area (TPSA) is 123 Å². The second-order valence-electron chi connectivity index (χ2n) is 11.2. The largest absolute Gasteiger partial charge is 0.474 e.